The SMILES string of the molecule is Cc1ccccc1C(C/C(=N/O)c1ccc(=O)n(C2CCC2)c1)c1ccc(Br)cc1. The minimum absolute atomic E-state index is 0.00380. The van der Waals surface area contributed by atoms with Crippen molar-refractivity contribution in [2.75, 3.05) is 0 Å². The van der Waals surface area contributed by atoms with Crippen LogP contribution < -0.4 is 5.56 Å². The first-order chi connectivity index (χ1) is 14.6. The summed E-state index contributed by atoms with van der Waals surface area (Å²) in [7, 11) is 0. The van der Waals surface area contributed by atoms with E-state index in [-0.39, 0.29) is 17.5 Å². The number of oxime groups is 1. The Balaban J connectivity index is 1.72. The molecule has 4 nitrogen and oxygen atoms in total. The Morgan fingerprint density at radius 1 is 1.13 bits per heavy atom. The van der Waals surface area contributed by atoms with Gasteiger partial charge < -0.3 is 9.77 Å². The number of pyridine rings is 1. The number of halogens is 1. The molecule has 1 aliphatic rings. The zero-order valence-electron chi connectivity index (χ0n) is 17.0. The van der Waals surface area contributed by atoms with Crippen LogP contribution in [0.1, 0.15) is 59.9 Å². The highest BCUT2D eigenvalue weighted by atomic mass is 79.9. The first-order valence-corrected chi connectivity index (χ1v) is 11.1. The molecule has 3 aromatic rings. The van der Waals surface area contributed by atoms with Crippen molar-refractivity contribution in [2.24, 2.45) is 5.16 Å². The van der Waals surface area contributed by atoms with Gasteiger partial charge in [-0.1, -0.05) is 57.5 Å². The molecule has 1 unspecified atom stereocenters. The number of aryl methyl sites for hydroxylation is 1. The molecule has 1 atom stereocenters. The first-order valence-electron chi connectivity index (χ1n) is 10.3. The maximum atomic E-state index is 12.3. The Hall–Kier alpha value is -2.66. The molecule has 1 aromatic heterocycles. The highest BCUT2D eigenvalue weighted by Gasteiger charge is 2.23. The lowest BCUT2D eigenvalue weighted by molar-refractivity contribution is 0.305. The van der Waals surface area contributed by atoms with Crippen molar-refractivity contribution in [3.05, 3.63) is 104 Å². The van der Waals surface area contributed by atoms with Gasteiger partial charge in [0.05, 0.1) is 5.71 Å². The fraction of sp³-hybridized carbons (Fsp3) is 0.280. The lowest BCUT2D eigenvalue weighted by atomic mass is 9.83. The highest BCUT2D eigenvalue weighted by molar-refractivity contribution is 9.10. The largest absolute Gasteiger partial charge is 0.411 e. The number of aromatic nitrogens is 1. The molecule has 0 saturated heterocycles. The van der Waals surface area contributed by atoms with Crippen LogP contribution in [0.2, 0.25) is 0 Å². The third-order valence-corrected chi connectivity index (χ3v) is 6.62. The van der Waals surface area contributed by atoms with Crippen LogP contribution in [0, 0.1) is 6.92 Å². The van der Waals surface area contributed by atoms with Gasteiger partial charge >= 0.3 is 0 Å². The summed E-state index contributed by atoms with van der Waals surface area (Å²) >= 11 is 3.51. The minimum atomic E-state index is 0.00380. The zero-order valence-corrected chi connectivity index (χ0v) is 18.5. The summed E-state index contributed by atoms with van der Waals surface area (Å²) in [6.07, 6.45) is 5.60. The van der Waals surface area contributed by atoms with E-state index >= 15 is 0 Å². The predicted octanol–water partition coefficient (Wildman–Crippen LogP) is 6.04. The van der Waals surface area contributed by atoms with E-state index in [0.717, 1.165) is 34.9 Å². The first kappa shape index (κ1) is 20.6. The number of hydrogen-bond acceptors (Lipinski definition) is 3. The van der Waals surface area contributed by atoms with E-state index in [0.29, 0.717) is 12.1 Å². The van der Waals surface area contributed by atoms with E-state index in [9.17, 15) is 10.0 Å². The van der Waals surface area contributed by atoms with E-state index < -0.39 is 0 Å². The van der Waals surface area contributed by atoms with Gasteiger partial charge in [0, 0.05) is 40.7 Å². The van der Waals surface area contributed by atoms with Crippen LogP contribution in [0.3, 0.4) is 0 Å². The van der Waals surface area contributed by atoms with Gasteiger partial charge in [-0.25, -0.2) is 0 Å². The van der Waals surface area contributed by atoms with Gasteiger partial charge in [0.2, 0.25) is 0 Å². The molecule has 0 bridgehead atoms. The molecule has 1 heterocycles. The van der Waals surface area contributed by atoms with Crippen LogP contribution in [0.15, 0.2) is 81.3 Å². The summed E-state index contributed by atoms with van der Waals surface area (Å²) in [6, 6.07) is 20.2. The van der Waals surface area contributed by atoms with Crippen molar-refractivity contribution >= 4 is 21.6 Å². The average Bonchev–Trinajstić information content (AvgIpc) is 2.71. The van der Waals surface area contributed by atoms with Crippen LogP contribution in [-0.2, 0) is 0 Å². The topological polar surface area (TPSA) is 54.6 Å². The molecule has 0 amide bonds. The molecule has 2 aromatic carbocycles. The summed E-state index contributed by atoms with van der Waals surface area (Å²) in [5.74, 6) is 0.0364. The fourth-order valence-corrected chi connectivity index (χ4v) is 4.38. The molecule has 0 aliphatic heterocycles. The average molecular weight is 465 g/mol. The Labute approximate surface area is 185 Å². The van der Waals surface area contributed by atoms with Crippen molar-refractivity contribution in [1.82, 2.24) is 4.57 Å². The molecule has 1 aliphatic carbocycles. The molecule has 0 radical (unpaired) electrons. The van der Waals surface area contributed by atoms with Gasteiger partial charge in [0.15, 0.2) is 0 Å². The number of rotatable bonds is 6. The monoisotopic (exact) mass is 464 g/mol. The van der Waals surface area contributed by atoms with Crippen LogP contribution in [0.4, 0.5) is 0 Å². The third kappa shape index (κ3) is 4.26. The Bertz CT molecular complexity index is 1110. The third-order valence-electron chi connectivity index (χ3n) is 6.09. The standard InChI is InChI=1S/C25H25BrN2O2/c1-17-5-2-3-8-22(17)23(18-9-12-20(26)13-10-18)15-24(27-30)19-11-14-25(29)28(16-19)21-6-4-7-21/h2-3,5,8-14,16,21,23,30H,4,6-7,15H2,1H3/b27-24-. The number of nitrogens with zero attached hydrogens (tertiary/aromatic N) is 2. The van der Waals surface area contributed by atoms with Crippen molar-refractivity contribution in [3.8, 4) is 0 Å². The minimum Gasteiger partial charge on any atom is -0.411 e. The van der Waals surface area contributed by atoms with Crippen molar-refractivity contribution in [1.29, 1.82) is 0 Å². The summed E-state index contributed by atoms with van der Waals surface area (Å²) in [5.41, 5.74) is 4.93. The van der Waals surface area contributed by atoms with E-state index in [4.69, 9.17) is 0 Å². The number of hydrogen-bond donors (Lipinski definition) is 1. The Morgan fingerprint density at radius 2 is 1.87 bits per heavy atom. The van der Waals surface area contributed by atoms with Crippen LogP contribution >= 0.6 is 15.9 Å². The van der Waals surface area contributed by atoms with Gasteiger partial charge in [0.25, 0.3) is 5.56 Å². The molecule has 1 saturated carbocycles. The molecule has 4 rings (SSSR count). The van der Waals surface area contributed by atoms with E-state index in [2.05, 4.69) is 52.3 Å². The molecular weight excluding hydrogens is 440 g/mol. The predicted molar refractivity (Wildman–Crippen MR) is 124 cm³/mol. The lowest BCUT2D eigenvalue weighted by Gasteiger charge is -2.28. The summed E-state index contributed by atoms with van der Waals surface area (Å²) in [6.45, 7) is 2.10. The van der Waals surface area contributed by atoms with Crippen LogP contribution in [0.25, 0.3) is 0 Å². The van der Waals surface area contributed by atoms with Gasteiger partial charge in [-0.2, -0.15) is 0 Å². The quantitative estimate of drug-likeness (QED) is 0.274. The van der Waals surface area contributed by atoms with Gasteiger partial charge in [0.1, 0.15) is 0 Å². The summed E-state index contributed by atoms with van der Waals surface area (Å²) in [4.78, 5) is 12.3. The van der Waals surface area contributed by atoms with Crippen LogP contribution in [-0.4, -0.2) is 15.5 Å². The van der Waals surface area contributed by atoms with Gasteiger partial charge in [-0.05, 0) is 61.1 Å². The smallest absolute Gasteiger partial charge is 0.250 e. The lowest BCUT2D eigenvalue weighted by Crippen LogP contribution is -2.29. The fourth-order valence-electron chi connectivity index (χ4n) is 4.11. The maximum absolute atomic E-state index is 12.3. The number of benzene rings is 2. The molecule has 1 N–H and O–H groups in total. The normalized spacial score (nSPS) is 15.6. The second-order valence-corrected chi connectivity index (χ2v) is 8.88. The van der Waals surface area contributed by atoms with Gasteiger partial charge in [-0.15, -0.1) is 0 Å². The molecule has 1 fully saturated rings. The second-order valence-electron chi connectivity index (χ2n) is 7.96. The molecule has 0 spiro atoms. The second kappa shape index (κ2) is 9.00. The molecule has 154 valence electrons. The van der Waals surface area contributed by atoms with E-state index in [1.165, 1.54) is 11.1 Å². The highest BCUT2D eigenvalue weighted by Crippen LogP contribution is 2.33. The molecule has 5 heteroatoms. The Morgan fingerprint density at radius 3 is 2.50 bits per heavy atom. The van der Waals surface area contributed by atoms with Crippen molar-refractivity contribution < 1.29 is 5.21 Å². The molecule has 30 heavy (non-hydrogen) atoms. The van der Waals surface area contributed by atoms with E-state index in [1.54, 1.807) is 16.7 Å². The Kier molecular flexibility index (Phi) is 6.18. The summed E-state index contributed by atoms with van der Waals surface area (Å²) in [5, 5.41) is 13.6. The van der Waals surface area contributed by atoms with Crippen LogP contribution in [0.5, 0.6) is 0 Å². The van der Waals surface area contributed by atoms with Gasteiger partial charge in [-0.3, -0.25) is 4.79 Å². The molecular formula is C25H25BrN2O2. The summed E-state index contributed by atoms with van der Waals surface area (Å²) < 4.78 is 2.82. The van der Waals surface area contributed by atoms with E-state index in [1.807, 2.05) is 30.5 Å². The maximum Gasteiger partial charge on any atom is 0.250 e. The van der Waals surface area contributed by atoms with Crippen molar-refractivity contribution in [3.63, 3.8) is 0 Å². The van der Waals surface area contributed by atoms with Crippen molar-refractivity contribution in [2.45, 2.75) is 44.6 Å². The zero-order chi connectivity index (χ0) is 21.1.